The second-order valence-electron chi connectivity index (χ2n) is 3.11. The zero-order valence-corrected chi connectivity index (χ0v) is 6.95. The summed E-state index contributed by atoms with van der Waals surface area (Å²) in [6.45, 7) is 2.04. The molecule has 1 aromatic rings. The Balaban J connectivity index is 2.22. The molecule has 1 unspecified atom stereocenters. The number of hydrogen-bond donors (Lipinski definition) is 0. The molecule has 0 spiro atoms. The van der Waals surface area contributed by atoms with E-state index in [0.717, 1.165) is 11.1 Å². The lowest BCUT2D eigenvalue weighted by Gasteiger charge is -1.95. The van der Waals surface area contributed by atoms with Crippen LogP contribution in [0, 0.1) is 5.92 Å². The average molecular weight is 158 g/mol. The highest BCUT2D eigenvalue weighted by atomic mass is 16.1. The van der Waals surface area contributed by atoms with E-state index in [9.17, 15) is 4.79 Å². The molecule has 12 heavy (non-hydrogen) atoms. The molecule has 60 valence electrons. The van der Waals surface area contributed by atoms with E-state index in [1.807, 2.05) is 43.3 Å². The van der Waals surface area contributed by atoms with Crippen LogP contribution in [0.1, 0.15) is 17.3 Å². The minimum Gasteiger partial charge on any atom is -0.289 e. The molecule has 0 saturated carbocycles. The summed E-state index contributed by atoms with van der Waals surface area (Å²) in [4.78, 5) is 11.5. The molecule has 0 aromatic heterocycles. The van der Waals surface area contributed by atoms with Crippen LogP contribution in [0.5, 0.6) is 0 Å². The molecule has 1 aliphatic rings. The topological polar surface area (TPSA) is 17.1 Å². The van der Waals surface area contributed by atoms with Crippen LogP contribution in [0.25, 0.3) is 0 Å². The molecule has 1 atom stereocenters. The molecule has 1 nitrogen and oxygen atoms in total. The molecule has 0 N–H and O–H groups in total. The van der Waals surface area contributed by atoms with Crippen LogP contribution in [0.4, 0.5) is 0 Å². The number of carbonyl (C=O) groups excluding carboxylic acids is 1. The maximum atomic E-state index is 11.5. The number of benzene rings is 1. The third-order valence-corrected chi connectivity index (χ3v) is 2.11. The molecule has 0 amide bonds. The van der Waals surface area contributed by atoms with Gasteiger partial charge in [-0.05, 0) is 0 Å². The molecule has 0 bridgehead atoms. The fraction of sp³-hybridized carbons (Fsp3) is 0.182. The summed E-state index contributed by atoms with van der Waals surface area (Å²) in [7, 11) is 0. The Morgan fingerprint density at radius 2 is 1.83 bits per heavy atom. The lowest BCUT2D eigenvalue weighted by atomic mass is 10.1. The Morgan fingerprint density at radius 1 is 1.25 bits per heavy atom. The zero-order valence-electron chi connectivity index (χ0n) is 6.95. The number of Topliss-reactive ketones (excluding diaryl/α,β-unsaturated/α-hetero) is 1. The standard InChI is InChI=1S/C11H10O/c1-8-7-10(8)11(12)9-5-3-2-4-6-9/h2-8H,1H3. The van der Waals surface area contributed by atoms with Crippen molar-refractivity contribution >= 4 is 5.78 Å². The number of carbonyl (C=O) groups is 1. The van der Waals surface area contributed by atoms with E-state index >= 15 is 0 Å². The van der Waals surface area contributed by atoms with E-state index in [4.69, 9.17) is 0 Å². The van der Waals surface area contributed by atoms with Crippen molar-refractivity contribution in [3.63, 3.8) is 0 Å². The first-order chi connectivity index (χ1) is 5.79. The third-order valence-electron chi connectivity index (χ3n) is 2.11. The summed E-state index contributed by atoms with van der Waals surface area (Å²) >= 11 is 0. The van der Waals surface area contributed by atoms with E-state index in [1.165, 1.54) is 0 Å². The second-order valence-corrected chi connectivity index (χ2v) is 3.11. The monoisotopic (exact) mass is 158 g/mol. The van der Waals surface area contributed by atoms with E-state index in [0.29, 0.717) is 5.92 Å². The average Bonchev–Trinajstić information content (AvgIpc) is 2.83. The number of allylic oxidation sites excluding steroid dienone is 2. The van der Waals surface area contributed by atoms with Gasteiger partial charge in [0.25, 0.3) is 0 Å². The minimum atomic E-state index is 0.183. The van der Waals surface area contributed by atoms with Gasteiger partial charge in [0, 0.05) is 17.1 Å². The van der Waals surface area contributed by atoms with Crippen molar-refractivity contribution in [3.05, 3.63) is 47.5 Å². The highest BCUT2D eigenvalue weighted by molar-refractivity contribution is 6.11. The largest absolute Gasteiger partial charge is 0.289 e. The molecule has 0 radical (unpaired) electrons. The van der Waals surface area contributed by atoms with E-state index < -0.39 is 0 Å². The van der Waals surface area contributed by atoms with Crippen molar-refractivity contribution in [2.45, 2.75) is 6.92 Å². The van der Waals surface area contributed by atoms with E-state index in [1.54, 1.807) is 0 Å². The first-order valence-electron chi connectivity index (χ1n) is 4.10. The summed E-state index contributed by atoms with van der Waals surface area (Å²) in [5.41, 5.74) is 1.76. The van der Waals surface area contributed by atoms with Crippen LogP contribution in [-0.2, 0) is 0 Å². The third kappa shape index (κ3) is 1.18. The number of rotatable bonds is 2. The molecule has 0 heterocycles. The summed E-state index contributed by atoms with van der Waals surface area (Å²) in [5.74, 6) is 0.584. The van der Waals surface area contributed by atoms with Crippen molar-refractivity contribution in [2.75, 3.05) is 0 Å². The summed E-state index contributed by atoms with van der Waals surface area (Å²) in [5, 5.41) is 0. The predicted molar refractivity (Wildman–Crippen MR) is 48.0 cm³/mol. The van der Waals surface area contributed by atoms with Crippen molar-refractivity contribution in [3.8, 4) is 0 Å². The molecule has 0 fully saturated rings. The van der Waals surface area contributed by atoms with Crippen LogP contribution in [0.15, 0.2) is 42.0 Å². The van der Waals surface area contributed by atoms with Gasteiger partial charge in [-0.2, -0.15) is 0 Å². The zero-order chi connectivity index (χ0) is 8.55. The lowest BCUT2D eigenvalue weighted by Crippen LogP contribution is -1.97. The van der Waals surface area contributed by atoms with E-state index in [-0.39, 0.29) is 5.78 Å². The van der Waals surface area contributed by atoms with Crippen molar-refractivity contribution in [1.29, 1.82) is 0 Å². The van der Waals surface area contributed by atoms with Crippen molar-refractivity contribution < 1.29 is 4.79 Å². The Labute approximate surface area is 71.7 Å². The summed E-state index contributed by atoms with van der Waals surface area (Å²) in [6.07, 6.45) is 2.00. The van der Waals surface area contributed by atoms with E-state index in [2.05, 4.69) is 0 Å². The second kappa shape index (κ2) is 2.59. The molecule has 0 saturated heterocycles. The fourth-order valence-corrected chi connectivity index (χ4v) is 1.26. The van der Waals surface area contributed by atoms with Gasteiger partial charge in [0.2, 0.25) is 0 Å². The van der Waals surface area contributed by atoms with Crippen LogP contribution in [0.3, 0.4) is 0 Å². The van der Waals surface area contributed by atoms with Gasteiger partial charge >= 0.3 is 0 Å². The van der Waals surface area contributed by atoms with Crippen LogP contribution in [0.2, 0.25) is 0 Å². The molecule has 1 heteroatoms. The maximum Gasteiger partial charge on any atom is 0.189 e. The SMILES string of the molecule is CC1C=C1C(=O)c1ccccc1. The first-order valence-corrected chi connectivity index (χ1v) is 4.10. The molecule has 1 aliphatic carbocycles. The number of ketones is 1. The normalized spacial score (nSPS) is 20.1. The molecule has 2 rings (SSSR count). The van der Waals surface area contributed by atoms with Gasteiger partial charge in [-0.15, -0.1) is 0 Å². The Bertz CT molecular complexity index is 335. The maximum absolute atomic E-state index is 11.5. The number of hydrogen-bond acceptors (Lipinski definition) is 1. The fourth-order valence-electron chi connectivity index (χ4n) is 1.26. The molecule has 1 aromatic carbocycles. The minimum absolute atomic E-state index is 0.183. The summed E-state index contributed by atoms with van der Waals surface area (Å²) < 4.78 is 0. The molecular weight excluding hydrogens is 148 g/mol. The smallest absolute Gasteiger partial charge is 0.189 e. The van der Waals surface area contributed by atoms with Crippen LogP contribution in [-0.4, -0.2) is 5.78 Å². The highest BCUT2D eigenvalue weighted by Crippen LogP contribution is 2.30. The van der Waals surface area contributed by atoms with Crippen LogP contribution < -0.4 is 0 Å². The Morgan fingerprint density at radius 3 is 2.33 bits per heavy atom. The lowest BCUT2D eigenvalue weighted by molar-refractivity contribution is 0.103. The first kappa shape index (κ1) is 7.29. The van der Waals surface area contributed by atoms with Gasteiger partial charge in [-0.3, -0.25) is 4.79 Å². The molecule has 0 aliphatic heterocycles. The van der Waals surface area contributed by atoms with Gasteiger partial charge in [0.15, 0.2) is 5.78 Å². The van der Waals surface area contributed by atoms with Gasteiger partial charge in [-0.25, -0.2) is 0 Å². The quantitative estimate of drug-likeness (QED) is 0.604. The van der Waals surface area contributed by atoms with Gasteiger partial charge in [0.1, 0.15) is 0 Å². The molecular formula is C11H10O. The Hall–Kier alpha value is -1.37. The summed E-state index contributed by atoms with van der Waals surface area (Å²) in [6, 6.07) is 9.41. The van der Waals surface area contributed by atoms with Gasteiger partial charge in [0.05, 0.1) is 0 Å². The van der Waals surface area contributed by atoms with Crippen molar-refractivity contribution in [1.82, 2.24) is 0 Å². The van der Waals surface area contributed by atoms with Crippen LogP contribution >= 0.6 is 0 Å². The Kier molecular flexibility index (Phi) is 1.58. The van der Waals surface area contributed by atoms with Gasteiger partial charge in [-0.1, -0.05) is 43.3 Å². The highest BCUT2D eigenvalue weighted by Gasteiger charge is 2.26. The predicted octanol–water partition coefficient (Wildman–Crippen LogP) is 2.45. The van der Waals surface area contributed by atoms with Crippen molar-refractivity contribution in [2.24, 2.45) is 5.92 Å². The van der Waals surface area contributed by atoms with Gasteiger partial charge < -0.3 is 0 Å².